The van der Waals surface area contributed by atoms with Crippen LogP contribution in [0.4, 0.5) is 0 Å². The van der Waals surface area contributed by atoms with E-state index in [1.165, 1.54) is 5.56 Å². The van der Waals surface area contributed by atoms with Crippen molar-refractivity contribution < 1.29 is 9.47 Å². The van der Waals surface area contributed by atoms with E-state index in [1.807, 2.05) is 25.1 Å². The summed E-state index contributed by atoms with van der Waals surface area (Å²) in [4.78, 5) is 0. The molecular formula is C21H24N2O2. The number of rotatable bonds is 5. The maximum atomic E-state index is 6.22. The number of hydrogen-bond donors (Lipinski definition) is 0. The average Bonchev–Trinajstić information content (AvgIpc) is 3.09. The van der Waals surface area contributed by atoms with Crippen LogP contribution in [0.5, 0.6) is 11.5 Å². The number of nitrogens with zero attached hydrogens (tertiary/aromatic N) is 2. The van der Waals surface area contributed by atoms with E-state index >= 15 is 0 Å². The van der Waals surface area contributed by atoms with Crippen molar-refractivity contribution in [3.63, 3.8) is 0 Å². The smallest absolute Gasteiger partial charge is 0.187 e. The Morgan fingerprint density at radius 1 is 1.12 bits per heavy atom. The normalized spacial score (nSPS) is 21.2. The second-order valence-electron chi connectivity index (χ2n) is 6.50. The molecule has 2 heterocycles. The Morgan fingerprint density at radius 2 is 1.92 bits per heavy atom. The molecular weight excluding hydrogens is 312 g/mol. The first-order chi connectivity index (χ1) is 12.3. The molecule has 0 saturated carbocycles. The third-order valence-electron chi connectivity index (χ3n) is 4.81. The Balaban J connectivity index is 1.64. The van der Waals surface area contributed by atoms with Gasteiger partial charge in [0.25, 0.3) is 0 Å². The Kier molecular flexibility index (Phi) is 4.35. The van der Waals surface area contributed by atoms with Crippen molar-refractivity contribution >= 4 is 5.71 Å². The number of ether oxygens (including phenoxy) is 2. The SMILES string of the molecule is CCCC1Oc2ccccc2C2CC(c3ccc(OCC)cc3)=NN12. The first kappa shape index (κ1) is 16.0. The Hall–Kier alpha value is -2.49. The molecule has 0 N–H and O–H groups in total. The Labute approximate surface area is 149 Å². The molecule has 0 fully saturated rings. The quantitative estimate of drug-likeness (QED) is 0.790. The van der Waals surface area contributed by atoms with Gasteiger partial charge in [-0.2, -0.15) is 5.10 Å². The van der Waals surface area contributed by atoms with Gasteiger partial charge in [0.05, 0.1) is 18.4 Å². The molecule has 2 aliphatic rings. The first-order valence-corrected chi connectivity index (χ1v) is 9.14. The summed E-state index contributed by atoms with van der Waals surface area (Å²) >= 11 is 0. The number of hydrazone groups is 1. The van der Waals surface area contributed by atoms with Gasteiger partial charge in [-0.3, -0.25) is 5.01 Å². The molecule has 4 heteroatoms. The zero-order valence-corrected chi connectivity index (χ0v) is 14.8. The molecule has 4 rings (SSSR count). The second-order valence-corrected chi connectivity index (χ2v) is 6.50. The summed E-state index contributed by atoms with van der Waals surface area (Å²) in [5, 5.41) is 7.10. The molecule has 4 nitrogen and oxygen atoms in total. The fraction of sp³-hybridized carbons (Fsp3) is 0.381. The maximum absolute atomic E-state index is 6.22. The van der Waals surface area contributed by atoms with Gasteiger partial charge >= 0.3 is 0 Å². The van der Waals surface area contributed by atoms with E-state index in [0.29, 0.717) is 6.61 Å². The molecule has 2 atom stereocenters. The van der Waals surface area contributed by atoms with E-state index < -0.39 is 0 Å². The minimum Gasteiger partial charge on any atom is -0.494 e. The molecule has 0 spiro atoms. The summed E-state index contributed by atoms with van der Waals surface area (Å²) in [7, 11) is 0. The summed E-state index contributed by atoms with van der Waals surface area (Å²) < 4.78 is 11.8. The van der Waals surface area contributed by atoms with Gasteiger partial charge < -0.3 is 9.47 Å². The fourth-order valence-corrected chi connectivity index (χ4v) is 3.63. The highest BCUT2D eigenvalue weighted by atomic mass is 16.5. The van der Waals surface area contributed by atoms with Crippen LogP contribution in [0.3, 0.4) is 0 Å². The van der Waals surface area contributed by atoms with Crippen molar-refractivity contribution in [1.29, 1.82) is 0 Å². The van der Waals surface area contributed by atoms with Crippen LogP contribution < -0.4 is 9.47 Å². The highest BCUT2D eigenvalue weighted by Crippen LogP contribution is 2.43. The lowest BCUT2D eigenvalue weighted by Gasteiger charge is -2.38. The summed E-state index contributed by atoms with van der Waals surface area (Å²) in [5.74, 6) is 1.91. The van der Waals surface area contributed by atoms with Crippen LogP contribution in [-0.2, 0) is 0 Å². The minimum atomic E-state index is 0.0186. The van der Waals surface area contributed by atoms with Gasteiger partial charge in [0.2, 0.25) is 0 Å². The lowest BCUT2D eigenvalue weighted by atomic mass is 9.96. The van der Waals surface area contributed by atoms with E-state index in [1.54, 1.807) is 0 Å². The molecule has 2 aliphatic heterocycles. The van der Waals surface area contributed by atoms with Gasteiger partial charge in [-0.05, 0) is 42.8 Å². The molecule has 25 heavy (non-hydrogen) atoms. The van der Waals surface area contributed by atoms with Gasteiger partial charge in [-0.15, -0.1) is 0 Å². The van der Waals surface area contributed by atoms with Gasteiger partial charge in [0.15, 0.2) is 6.23 Å². The van der Waals surface area contributed by atoms with Gasteiger partial charge in [-0.1, -0.05) is 31.5 Å². The third-order valence-corrected chi connectivity index (χ3v) is 4.81. The standard InChI is InChI=1S/C21H24N2O2/c1-3-7-21-23-19(17-8-5-6-9-20(17)25-21)14-18(22-23)15-10-12-16(13-11-15)24-4-2/h5-6,8-13,19,21H,3-4,7,14H2,1-2H3. The van der Waals surface area contributed by atoms with Crippen LogP contribution in [-0.4, -0.2) is 23.6 Å². The molecule has 0 aromatic heterocycles. The third kappa shape index (κ3) is 2.97. The maximum Gasteiger partial charge on any atom is 0.187 e. The molecule has 130 valence electrons. The Bertz CT molecular complexity index is 770. The summed E-state index contributed by atoms with van der Waals surface area (Å²) in [6.07, 6.45) is 2.98. The van der Waals surface area contributed by atoms with E-state index in [-0.39, 0.29) is 12.3 Å². The molecule has 0 saturated heterocycles. The number of hydrogen-bond acceptors (Lipinski definition) is 4. The zero-order chi connectivity index (χ0) is 17.2. The van der Waals surface area contributed by atoms with Crippen molar-refractivity contribution in [3.8, 4) is 11.5 Å². The largest absolute Gasteiger partial charge is 0.494 e. The second kappa shape index (κ2) is 6.79. The van der Waals surface area contributed by atoms with Crippen LogP contribution in [0.1, 0.15) is 50.3 Å². The van der Waals surface area contributed by atoms with Crippen molar-refractivity contribution in [3.05, 3.63) is 59.7 Å². The van der Waals surface area contributed by atoms with E-state index in [2.05, 4.69) is 42.3 Å². The van der Waals surface area contributed by atoms with Crippen molar-refractivity contribution in [2.45, 2.75) is 45.4 Å². The predicted octanol–water partition coefficient (Wildman–Crippen LogP) is 4.76. The molecule has 0 radical (unpaired) electrons. The zero-order valence-electron chi connectivity index (χ0n) is 14.8. The van der Waals surface area contributed by atoms with Crippen LogP contribution in [0.2, 0.25) is 0 Å². The highest BCUT2D eigenvalue weighted by Gasteiger charge is 2.39. The van der Waals surface area contributed by atoms with E-state index in [0.717, 1.165) is 42.0 Å². The van der Waals surface area contributed by atoms with Crippen LogP contribution >= 0.6 is 0 Å². The fourth-order valence-electron chi connectivity index (χ4n) is 3.63. The molecule has 2 aromatic carbocycles. The highest BCUT2D eigenvalue weighted by molar-refractivity contribution is 6.02. The average molecular weight is 336 g/mol. The molecule has 2 aromatic rings. The van der Waals surface area contributed by atoms with E-state index in [4.69, 9.17) is 14.6 Å². The van der Waals surface area contributed by atoms with Gasteiger partial charge in [0, 0.05) is 18.4 Å². The minimum absolute atomic E-state index is 0.0186. The first-order valence-electron chi connectivity index (χ1n) is 9.14. The molecule has 0 amide bonds. The summed E-state index contributed by atoms with van der Waals surface area (Å²) in [5.41, 5.74) is 3.51. The van der Waals surface area contributed by atoms with Crippen molar-refractivity contribution in [2.75, 3.05) is 6.61 Å². The topological polar surface area (TPSA) is 34.1 Å². The van der Waals surface area contributed by atoms with Gasteiger partial charge in [-0.25, -0.2) is 0 Å². The molecule has 2 unspecified atom stereocenters. The van der Waals surface area contributed by atoms with Crippen LogP contribution in [0.15, 0.2) is 53.6 Å². The number of para-hydroxylation sites is 1. The Morgan fingerprint density at radius 3 is 2.68 bits per heavy atom. The lowest BCUT2D eigenvalue weighted by Crippen LogP contribution is -2.40. The lowest BCUT2D eigenvalue weighted by molar-refractivity contribution is -0.0223. The van der Waals surface area contributed by atoms with Gasteiger partial charge in [0.1, 0.15) is 11.5 Å². The number of benzene rings is 2. The van der Waals surface area contributed by atoms with Crippen LogP contribution in [0, 0.1) is 0 Å². The van der Waals surface area contributed by atoms with Crippen molar-refractivity contribution in [2.24, 2.45) is 5.10 Å². The summed E-state index contributed by atoms with van der Waals surface area (Å²) in [6, 6.07) is 16.9. The van der Waals surface area contributed by atoms with Crippen LogP contribution in [0.25, 0.3) is 0 Å². The monoisotopic (exact) mass is 336 g/mol. The molecule has 0 bridgehead atoms. The van der Waals surface area contributed by atoms with E-state index in [9.17, 15) is 0 Å². The van der Waals surface area contributed by atoms with Crippen molar-refractivity contribution in [1.82, 2.24) is 5.01 Å². The number of fused-ring (bicyclic) bond motifs is 3. The molecule has 0 aliphatic carbocycles. The predicted molar refractivity (Wildman–Crippen MR) is 99.1 cm³/mol. The summed E-state index contributed by atoms with van der Waals surface area (Å²) in [6.45, 7) is 4.87.